The van der Waals surface area contributed by atoms with Crippen LogP contribution < -0.4 is 5.32 Å². The number of halogens is 2. The van der Waals surface area contributed by atoms with E-state index in [4.69, 9.17) is 0 Å². The third-order valence-corrected chi connectivity index (χ3v) is 4.35. The number of hydrogen-bond acceptors (Lipinski definition) is 3. The molecule has 1 unspecified atom stereocenters. The predicted octanol–water partition coefficient (Wildman–Crippen LogP) is 2.50. The molecule has 2 fully saturated rings. The van der Waals surface area contributed by atoms with E-state index in [1.165, 1.54) is 0 Å². The number of hydrogen-bond donors (Lipinski definition) is 1. The lowest BCUT2D eigenvalue weighted by molar-refractivity contribution is -0.0391. The number of rotatable bonds is 2. The summed E-state index contributed by atoms with van der Waals surface area (Å²) in [5.41, 5.74) is 0. The fraction of sp³-hybridized carbons (Fsp3) is 0.846. The lowest BCUT2D eigenvalue weighted by Gasteiger charge is -2.30. The van der Waals surface area contributed by atoms with Gasteiger partial charge in [-0.2, -0.15) is 0 Å². The van der Waals surface area contributed by atoms with Crippen LogP contribution in [0.25, 0.3) is 0 Å². The zero-order valence-corrected chi connectivity index (χ0v) is 11.0. The lowest BCUT2D eigenvalue weighted by atomic mass is 9.86. The lowest BCUT2D eigenvalue weighted by Crippen LogP contribution is -2.33. The van der Waals surface area contributed by atoms with E-state index in [1.54, 1.807) is 6.33 Å². The Kier molecular flexibility index (Phi) is 3.52. The molecule has 4 nitrogen and oxygen atoms in total. The highest BCUT2D eigenvalue weighted by Crippen LogP contribution is 2.40. The average molecular weight is 270 g/mol. The van der Waals surface area contributed by atoms with Gasteiger partial charge in [-0.25, -0.2) is 8.78 Å². The molecule has 2 heterocycles. The van der Waals surface area contributed by atoms with Crippen molar-refractivity contribution in [1.29, 1.82) is 0 Å². The molecule has 1 aromatic heterocycles. The summed E-state index contributed by atoms with van der Waals surface area (Å²) in [6.07, 6.45) is 5.02. The second kappa shape index (κ2) is 5.15. The van der Waals surface area contributed by atoms with E-state index in [0.717, 1.165) is 31.8 Å². The van der Waals surface area contributed by atoms with E-state index in [2.05, 4.69) is 20.1 Å². The highest BCUT2D eigenvalue weighted by atomic mass is 19.3. The summed E-state index contributed by atoms with van der Waals surface area (Å²) in [5, 5.41) is 11.6. The molecule has 1 saturated heterocycles. The monoisotopic (exact) mass is 270 g/mol. The first kappa shape index (κ1) is 13.0. The van der Waals surface area contributed by atoms with Crippen LogP contribution in [0.3, 0.4) is 0 Å². The number of aromatic nitrogens is 3. The standard InChI is InChI=1S/C13H20F2N4/c14-13(15)5-3-10(4-6-13)12-18-17-9-19(12)11-2-1-7-16-8-11/h9-11,16H,1-8H2. The quantitative estimate of drug-likeness (QED) is 0.898. The van der Waals surface area contributed by atoms with Crippen molar-refractivity contribution in [1.82, 2.24) is 20.1 Å². The molecule has 6 heteroatoms. The largest absolute Gasteiger partial charge is 0.315 e. The summed E-state index contributed by atoms with van der Waals surface area (Å²) >= 11 is 0. The van der Waals surface area contributed by atoms with Gasteiger partial charge in [0.05, 0.1) is 0 Å². The van der Waals surface area contributed by atoms with Crippen LogP contribution >= 0.6 is 0 Å². The van der Waals surface area contributed by atoms with E-state index < -0.39 is 5.92 Å². The molecule has 2 aliphatic rings. The third kappa shape index (κ3) is 2.78. The SMILES string of the molecule is FC1(F)CCC(c2nncn2C2CCCNC2)CC1. The van der Waals surface area contributed by atoms with Crippen molar-refractivity contribution >= 4 is 0 Å². The molecule has 3 rings (SSSR count). The second-order valence-corrected chi connectivity index (χ2v) is 5.73. The second-order valence-electron chi connectivity index (χ2n) is 5.73. The van der Waals surface area contributed by atoms with Crippen LogP contribution in [0.15, 0.2) is 6.33 Å². The van der Waals surface area contributed by atoms with Gasteiger partial charge in [-0.15, -0.1) is 10.2 Å². The molecule has 19 heavy (non-hydrogen) atoms. The molecule has 1 atom stereocenters. The van der Waals surface area contributed by atoms with Gasteiger partial charge in [0.25, 0.3) is 0 Å². The van der Waals surface area contributed by atoms with Crippen molar-refractivity contribution in [3.63, 3.8) is 0 Å². The topological polar surface area (TPSA) is 42.7 Å². The Morgan fingerprint density at radius 2 is 2.05 bits per heavy atom. The van der Waals surface area contributed by atoms with Gasteiger partial charge in [-0.05, 0) is 32.2 Å². The molecule has 1 aliphatic carbocycles. The summed E-state index contributed by atoms with van der Waals surface area (Å²) in [6, 6.07) is 0.376. The molecule has 0 spiro atoms. The fourth-order valence-corrected chi connectivity index (χ4v) is 3.19. The van der Waals surface area contributed by atoms with Gasteiger partial charge < -0.3 is 9.88 Å². The minimum atomic E-state index is -2.48. The number of piperidine rings is 1. The smallest absolute Gasteiger partial charge is 0.248 e. The van der Waals surface area contributed by atoms with E-state index >= 15 is 0 Å². The molecule has 1 N–H and O–H groups in total. The molecule has 0 radical (unpaired) electrons. The predicted molar refractivity (Wildman–Crippen MR) is 67.3 cm³/mol. The fourth-order valence-electron chi connectivity index (χ4n) is 3.19. The molecular formula is C13H20F2N4. The van der Waals surface area contributed by atoms with Crippen LogP contribution in [0.1, 0.15) is 56.3 Å². The third-order valence-electron chi connectivity index (χ3n) is 4.35. The first-order valence-electron chi connectivity index (χ1n) is 7.14. The maximum absolute atomic E-state index is 13.2. The maximum Gasteiger partial charge on any atom is 0.248 e. The van der Waals surface area contributed by atoms with Crippen molar-refractivity contribution in [2.24, 2.45) is 0 Å². The summed E-state index contributed by atoms with van der Waals surface area (Å²) in [4.78, 5) is 0. The summed E-state index contributed by atoms with van der Waals surface area (Å²) in [6.45, 7) is 1.98. The van der Waals surface area contributed by atoms with Crippen molar-refractivity contribution in [3.8, 4) is 0 Å². The van der Waals surface area contributed by atoms with Gasteiger partial charge in [0.15, 0.2) is 0 Å². The Bertz CT molecular complexity index is 416. The molecule has 0 bridgehead atoms. The van der Waals surface area contributed by atoms with Gasteiger partial charge in [-0.1, -0.05) is 0 Å². The van der Waals surface area contributed by atoms with Gasteiger partial charge in [-0.3, -0.25) is 0 Å². The molecule has 1 saturated carbocycles. The molecule has 106 valence electrons. The first-order chi connectivity index (χ1) is 9.16. The molecule has 1 aromatic rings. The van der Waals surface area contributed by atoms with Gasteiger partial charge >= 0.3 is 0 Å². The van der Waals surface area contributed by atoms with Gasteiger partial charge in [0.1, 0.15) is 12.2 Å². The van der Waals surface area contributed by atoms with E-state index in [-0.39, 0.29) is 18.8 Å². The zero-order valence-electron chi connectivity index (χ0n) is 11.0. The van der Waals surface area contributed by atoms with Crippen LogP contribution in [0.4, 0.5) is 8.78 Å². The number of alkyl halides is 2. The average Bonchev–Trinajstić information content (AvgIpc) is 2.89. The highest BCUT2D eigenvalue weighted by Gasteiger charge is 2.37. The van der Waals surface area contributed by atoms with Crippen LogP contribution in [0.5, 0.6) is 0 Å². The van der Waals surface area contributed by atoms with Crippen LogP contribution in [-0.4, -0.2) is 33.8 Å². The van der Waals surface area contributed by atoms with Crippen LogP contribution in [0, 0.1) is 0 Å². The molecule has 0 aromatic carbocycles. The Hall–Kier alpha value is -1.04. The van der Waals surface area contributed by atoms with Crippen molar-refractivity contribution in [2.45, 2.75) is 56.4 Å². The van der Waals surface area contributed by atoms with Crippen LogP contribution in [0.2, 0.25) is 0 Å². The van der Waals surface area contributed by atoms with Gasteiger partial charge in [0.2, 0.25) is 5.92 Å². The Morgan fingerprint density at radius 3 is 2.74 bits per heavy atom. The van der Waals surface area contributed by atoms with E-state index in [9.17, 15) is 8.78 Å². The van der Waals surface area contributed by atoms with E-state index in [1.807, 2.05) is 0 Å². The zero-order chi connectivity index (χ0) is 13.3. The Balaban J connectivity index is 1.73. The minimum absolute atomic E-state index is 0.0204. The number of nitrogens with zero attached hydrogens (tertiary/aromatic N) is 3. The van der Waals surface area contributed by atoms with Crippen LogP contribution in [-0.2, 0) is 0 Å². The molecule has 0 amide bonds. The van der Waals surface area contributed by atoms with Crippen molar-refractivity contribution in [3.05, 3.63) is 12.2 Å². The normalized spacial score (nSPS) is 28.4. The summed E-state index contributed by atoms with van der Waals surface area (Å²) in [5.74, 6) is -1.43. The maximum atomic E-state index is 13.2. The number of nitrogens with one attached hydrogen (secondary N) is 1. The minimum Gasteiger partial charge on any atom is -0.315 e. The highest BCUT2D eigenvalue weighted by molar-refractivity contribution is 5.02. The van der Waals surface area contributed by atoms with Crippen molar-refractivity contribution < 1.29 is 8.78 Å². The summed E-state index contributed by atoms with van der Waals surface area (Å²) < 4.78 is 28.6. The Morgan fingerprint density at radius 1 is 1.26 bits per heavy atom. The first-order valence-corrected chi connectivity index (χ1v) is 7.14. The van der Waals surface area contributed by atoms with Crippen molar-refractivity contribution in [2.75, 3.05) is 13.1 Å². The Labute approximate surface area is 111 Å². The molecular weight excluding hydrogens is 250 g/mol. The summed E-state index contributed by atoms with van der Waals surface area (Å²) in [7, 11) is 0. The van der Waals surface area contributed by atoms with Gasteiger partial charge in [0, 0.05) is 31.3 Å². The van der Waals surface area contributed by atoms with E-state index in [0.29, 0.717) is 18.9 Å². The molecule has 1 aliphatic heterocycles.